The van der Waals surface area contributed by atoms with Crippen molar-refractivity contribution < 1.29 is 18.7 Å². The molecule has 3 aliphatic heterocycles. The second-order valence-electron chi connectivity index (χ2n) is 8.76. The van der Waals surface area contributed by atoms with Gasteiger partial charge in [-0.3, -0.25) is 4.79 Å². The third-order valence-corrected chi connectivity index (χ3v) is 7.16. The van der Waals surface area contributed by atoms with E-state index in [0.29, 0.717) is 12.3 Å². The Hall–Kier alpha value is -3.67. The minimum atomic E-state index is -1.09. The second kappa shape index (κ2) is 6.66. The Morgan fingerprint density at radius 3 is 2.38 bits per heavy atom. The first-order valence-electron chi connectivity index (χ1n) is 10.7. The molecule has 0 N–H and O–H groups in total. The van der Waals surface area contributed by atoms with Gasteiger partial charge in [-0.05, 0) is 42.8 Å². The standard InChI is InChI=1S/C26H21FN2O3/c1-26-22(16-7-3-2-4-8-16)20-15-32-21-10-6-5-9-19(21)23(20)29(26)25(31)28(24(26)30)18-13-11-17(27)12-14-18/h2-14,20,22-23H,15H2,1H3/t20-,22-,23+,26+/m1/s1. The van der Waals surface area contributed by atoms with E-state index in [1.54, 1.807) is 4.90 Å². The fraction of sp³-hybridized carbons (Fsp3) is 0.231. The zero-order chi connectivity index (χ0) is 22.0. The average molecular weight is 428 g/mol. The molecule has 3 amide bonds. The maximum atomic E-state index is 14.0. The summed E-state index contributed by atoms with van der Waals surface area (Å²) in [4.78, 5) is 30.7. The van der Waals surface area contributed by atoms with Crippen LogP contribution in [0, 0.1) is 11.7 Å². The molecule has 0 bridgehead atoms. The second-order valence-corrected chi connectivity index (χ2v) is 8.76. The maximum absolute atomic E-state index is 14.0. The quantitative estimate of drug-likeness (QED) is 0.546. The smallest absolute Gasteiger partial charge is 0.332 e. The average Bonchev–Trinajstić information content (AvgIpc) is 3.20. The van der Waals surface area contributed by atoms with Crippen molar-refractivity contribution in [1.82, 2.24) is 4.90 Å². The molecule has 160 valence electrons. The Balaban J connectivity index is 1.56. The monoisotopic (exact) mass is 428 g/mol. The Kier molecular flexibility index (Phi) is 3.97. The van der Waals surface area contributed by atoms with E-state index in [1.807, 2.05) is 61.5 Å². The Bertz CT molecular complexity index is 1230. The molecule has 0 saturated carbocycles. The van der Waals surface area contributed by atoms with Crippen LogP contribution in [0.25, 0.3) is 0 Å². The van der Waals surface area contributed by atoms with Crippen molar-refractivity contribution >= 4 is 17.6 Å². The lowest BCUT2D eigenvalue weighted by Crippen LogP contribution is -2.46. The van der Waals surface area contributed by atoms with Gasteiger partial charge < -0.3 is 9.64 Å². The zero-order valence-corrected chi connectivity index (χ0v) is 17.4. The molecule has 0 aromatic heterocycles. The predicted molar refractivity (Wildman–Crippen MR) is 117 cm³/mol. The molecule has 0 spiro atoms. The maximum Gasteiger partial charge on any atom is 0.332 e. The van der Waals surface area contributed by atoms with E-state index in [9.17, 15) is 14.0 Å². The molecule has 3 aromatic rings. The van der Waals surface area contributed by atoms with Crippen LogP contribution in [0.2, 0.25) is 0 Å². The van der Waals surface area contributed by atoms with Gasteiger partial charge in [0.1, 0.15) is 17.1 Å². The minimum Gasteiger partial charge on any atom is -0.493 e. The van der Waals surface area contributed by atoms with Crippen molar-refractivity contribution in [1.29, 1.82) is 0 Å². The highest BCUT2D eigenvalue weighted by Gasteiger charge is 2.70. The van der Waals surface area contributed by atoms with Gasteiger partial charge in [0.05, 0.1) is 18.3 Å². The predicted octanol–water partition coefficient (Wildman–Crippen LogP) is 4.90. The van der Waals surface area contributed by atoms with Crippen LogP contribution in [0.4, 0.5) is 14.9 Å². The highest BCUT2D eigenvalue weighted by Crippen LogP contribution is 2.61. The number of hydrogen-bond donors (Lipinski definition) is 0. The molecule has 32 heavy (non-hydrogen) atoms. The number of ether oxygens (including phenoxy) is 1. The lowest BCUT2D eigenvalue weighted by atomic mass is 9.73. The fourth-order valence-corrected chi connectivity index (χ4v) is 5.85. The number of rotatable bonds is 2. The third kappa shape index (κ3) is 2.38. The first-order valence-corrected chi connectivity index (χ1v) is 10.7. The molecule has 5 nitrogen and oxygen atoms in total. The number of hydrogen-bond acceptors (Lipinski definition) is 3. The Labute approximate surface area is 185 Å². The van der Waals surface area contributed by atoms with Gasteiger partial charge in [-0.2, -0.15) is 0 Å². The molecule has 4 atom stereocenters. The number of carbonyl (C=O) groups is 2. The van der Waals surface area contributed by atoms with E-state index in [1.165, 1.54) is 29.2 Å². The normalized spacial score (nSPS) is 28.2. The number of para-hydroxylation sites is 1. The fourth-order valence-electron chi connectivity index (χ4n) is 5.85. The number of urea groups is 1. The summed E-state index contributed by atoms with van der Waals surface area (Å²) in [5.41, 5.74) is 1.19. The first kappa shape index (κ1) is 19.0. The summed E-state index contributed by atoms with van der Waals surface area (Å²) < 4.78 is 19.6. The molecule has 2 saturated heterocycles. The van der Waals surface area contributed by atoms with Crippen molar-refractivity contribution in [2.24, 2.45) is 5.92 Å². The van der Waals surface area contributed by atoms with Crippen LogP contribution in [-0.2, 0) is 4.79 Å². The summed E-state index contributed by atoms with van der Waals surface area (Å²) in [6.07, 6.45) is 0. The summed E-state index contributed by atoms with van der Waals surface area (Å²) in [5.74, 6) is -0.287. The van der Waals surface area contributed by atoms with Gasteiger partial charge in [-0.1, -0.05) is 48.5 Å². The number of nitrogens with zero attached hydrogens (tertiary/aromatic N) is 2. The number of carbonyl (C=O) groups excluding carboxylic acids is 2. The summed E-state index contributed by atoms with van der Waals surface area (Å²) >= 11 is 0. The lowest BCUT2D eigenvalue weighted by molar-refractivity contribution is -0.124. The van der Waals surface area contributed by atoms with Crippen LogP contribution in [0.15, 0.2) is 78.9 Å². The zero-order valence-electron chi connectivity index (χ0n) is 17.4. The summed E-state index contributed by atoms with van der Waals surface area (Å²) in [5, 5.41) is 0. The van der Waals surface area contributed by atoms with Gasteiger partial charge >= 0.3 is 6.03 Å². The number of fused-ring (bicyclic) bond motifs is 5. The largest absolute Gasteiger partial charge is 0.493 e. The van der Waals surface area contributed by atoms with Gasteiger partial charge in [0, 0.05) is 17.4 Å². The lowest BCUT2D eigenvalue weighted by Gasteiger charge is -2.34. The minimum absolute atomic E-state index is 0.0689. The highest BCUT2D eigenvalue weighted by molar-refractivity contribution is 6.24. The number of anilines is 1. The third-order valence-electron chi connectivity index (χ3n) is 7.16. The topological polar surface area (TPSA) is 49.9 Å². The van der Waals surface area contributed by atoms with Crippen LogP contribution in [0.5, 0.6) is 5.75 Å². The highest BCUT2D eigenvalue weighted by atomic mass is 19.1. The molecule has 3 heterocycles. The van der Waals surface area contributed by atoms with Crippen molar-refractivity contribution in [3.05, 3.63) is 95.8 Å². The van der Waals surface area contributed by atoms with Crippen molar-refractivity contribution in [3.63, 3.8) is 0 Å². The van der Waals surface area contributed by atoms with Crippen LogP contribution >= 0.6 is 0 Å². The van der Waals surface area contributed by atoms with Crippen molar-refractivity contribution in [3.8, 4) is 5.75 Å². The molecule has 2 fully saturated rings. The number of halogens is 1. The van der Waals surface area contributed by atoms with E-state index in [-0.39, 0.29) is 29.8 Å². The first-order chi connectivity index (χ1) is 15.5. The van der Waals surface area contributed by atoms with E-state index in [4.69, 9.17) is 4.74 Å². The van der Waals surface area contributed by atoms with Gasteiger partial charge in [-0.25, -0.2) is 14.1 Å². The number of imide groups is 1. The van der Waals surface area contributed by atoms with E-state index < -0.39 is 11.4 Å². The number of amides is 3. The van der Waals surface area contributed by atoms with Crippen molar-refractivity contribution in [2.75, 3.05) is 11.5 Å². The van der Waals surface area contributed by atoms with Gasteiger partial charge in [-0.15, -0.1) is 0 Å². The molecular weight excluding hydrogens is 407 g/mol. The van der Waals surface area contributed by atoms with Crippen LogP contribution in [0.3, 0.4) is 0 Å². The summed E-state index contributed by atoms with van der Waals surface area (Å²) in [6, 6.07) is 22.4. The SMILES string of the molecule is C[C@]12C(=O)N(c3ccc(F)cc3)C(=O)N1[C@H]1c3ccccc3OC[C@@H]1[C@H]2c1ccccc1. The molecule has 6 rings (SSSR count). The Morgan fingerprint density at radius 2 is 1.62 bits per heavy atom. The van der Waals surface area contributed by atoms with Crippen LogP contribution in [0.1, 0.15) is 30.0 Å². The molecule has 0 unspecified atom stereocenters. The van der Waals surface area contributed by atoms with E-state index >= 15 is 0 Å². The number of benzene rings is 3. The molecule has 0 radical (unpaired) electrons. The molecule has 3 aliphatic rings. The van der Waals surface area contributed by atoms with Gasteiger partial charge in [0.15, 0.2) is 0 Å². The summed E-state index contributed by atoms with van der Waals surface area (Å²) in [7, 11) is 0. The van der Waals surface area contributed by atoms with Crippen molar-refractivity contribution in [2.45, 2.75) is 24.4 Å². The molecule has 0 aliphatic carbocycles. The van der Waals surface area contributed by atoms with E-state index in [0.717, 1.165) is 16.9 Å². The van der Waals surface area contributed by atoms with Gasteiger partial charge in [0.25, 0.3) is 5.91 Å². The molecule has 6 heteroatoms. The van der Waals surface area contributed by atoms with E-state index in [2.05, 4.69) is 0 Å². The molecule has 3 aromatic carbocycles. The van der Waals surface area contributed by atoms with Gasteiger partial charge in [0.2, 0.25) is 0 Å². The molecular formula is C26H21FN2O3. The van der Waals surface area contributed by atoms with Crippen LogP contribution < -0.4 is 9.64 Å². The Morgan fingerprint density at radius 1 is 0.938 bits per heavy atom. The summed E-state index contributed by atoms with van der Waals surface area (Å²) in [6.45, 7) is 2.28. The van der Waals surface area contributed by atoms with Crippen LogP contribution in [-0.4, -0.2) is 29.0 Å².